The molecule has 0 unspecified atom stereocenters. The Kier molecular flexibility index (Phi) is 6.70. The van der Waals surface area contributed by atoms with Crippen molar-refractivity contribution in [3.63, 3.8) is 0 Å². The smallest absolute Gasteiger partial charge is 0.299 e. The number of benzene rings is 3. The van der Waals surface area contributed by atoms with Crippen LogP contribution in [0.4, 0.5) is 5.82 Å². The molecule has 0 bridgehead atoms. The van der Waals surface area contributed by atoms with Crippen molar-refractivity contribution in [3.05, 3.63) is 106 Å². The van der Waals surface area contributed by atoms with Gasteiger partial charge in [0.1, 0.15) is 12.4 Å². The van der Waals surface area contributed by atoms with E-state index < -0.39 is 0 Å². The molecular weight excluding hydrogens is 514 g/mol. The number of aliphatic imine (C=N–C) groups is 1. The molecule has 198 valence electrons. The van der Waals surface area contributed by atoms with Gasteiger partial charge in [0.2, 0.25) is 5.96 Å². The van der Waals surface area contributed by atoms with Gasteiger partial charge in [0.25, 0.3) is 11.9 Å². The van der Waals surface area contributed by atoms with Crippen molar-refractivity contribution < 1.29 is 14.6 Å². The van der Waals surface area contributed by atoms with Crippen LogP contribution in [0.1, 0.15) is 34.1 Å². The summed E-state index contributed by atoms with van der Waals surface area (Å²) in [5.41, 5.74) is 3.44. The molecule has 0 aliphatic carbocycles. The molecule has 0 saturated carbocycles. The quantitative estimate of drug-likeness (QED) is 0.334. The molecule has 0 radical (unpaired) electrons. The minimum absolute atomic E-state index is 0.00393. The lowest BCUT2D eigenvalue weighted by molar-refractivity contribution is 0.0835. The van der Waals surface area contributed by atoms with Crippen molar-refractivity contribution in [3.8, 4) is 11.8 Å². The number of carbonyl (C=O) groups is 1. The van der Waals surface area contributed by atoms with E-state index in [2.05, 4.69) is 12.1 Å². The predicted molar refractivity (Wildman–Crippen MR) is 151 cm³/mol. The Hall–Kier alpha value is -4.30. The minimum atomic E-state index is -0.171. The van der Waals surface area contributed by atoms with Gasteiger partial charge in [0.05, 0.1) is 24.2 Å². The Balaban J connectivity index is 1.39. The molecule has 0 saturated heterocycles. The second-order valence-electron chi connectivity index (χ2n) is 9.65. The molecule has 39 heavy (non-hydrogen) atoms. The van der Waals surface area contributed by atoms with Crippen LogP contribution in [-0.4, -0.2) is 50.6 Å². The number of phenols is 1. The number of imidazole rings is 1. The fourth-order valence-electron chi connectivity index (χ4n) is 5.09. The van der Waals surface area contributed by atoms with Crippen molar-refractivity contribution in [2.75, 3.05) is 18.0 Å². The first-order valence-corrected chi connectivity index (χ1v) is 13.4. The Morgan fingerprint density at radius 2 is 1.72 bits per heavy atom. The number of ether oxygens (including phenoxy) is 1. The third kappa shape index (κ3) is 4.83. The number of fused-ring (bicyclic) bond motifs is 3. The van der Waals surface area contributed by atoms with E-state index in [0.717, 1.165) is 17.5 Å². The van der Waals surface area contributed by atoms with Gasteiger partial charge < -0.3 is 9.84 Å². The number of hydrogen-bond donors (Lipinski definition) is 1. The van der Waals surface area contributed by atoms with Gasteiger partial charge in [-0.1, -0.05) is 78.3 Å². The zero-order valence-corrected chi connectivity index (χ0v) is 22.3. The third-order valence-electron chi connectivity index (χ3n) is 6.99. The zero-order chi connectivity index (χ0) is 26.9. The van der Waals surface area contributed by atoms with E-state index >= 15 is 0 Å². The van der Waals surface area contributed by atoms with Crippen LogP contribution in [0.2, 0.25) is 5.02 Å². The molecule has 1 atom stereocenters. The van der Waals surface area contributed by atoms with Crippen LogP contribution in [-0.2, 0) is 19.6 Å². The molecule has 1 N–H and O–H groups in total. The van der Waals surface area contributed by atoms with Gasteiger partial charge in [-0.15, -0.1) is 0 Å². The second-order valence-corrected chi connectivity index (χ2v) is 10.1. The Labute approximate surface area is 231 Å². The van der Waals surface area contributed by atoms with Gasteiger partial charge in [-0.3, -0.25) is 19.2 Å². The molecule has 1 amide bonds. The highest BCUT2D eigenvalue weighted by Crippen LogP contribution is 2.36. The molecule has 3 heterocycles. The molecule has 8 nitrogen and oxygen atoms in total. The van der Waals surface area contributed by atoms with Crippen LogP contribution in [0.25, 0.3) is 0 Å². The van der Waals surface area contributed by atoms with Gasteiger partial charge in [0.15, 0.2) is 11.5 Å². The van der Waals surface area contributed by atoms with E-state index in [9.17, 15) is 9.90 Å². The van der Waals surface area contributed by atoms with E-state index in [1.165, 1.54) is 5.56 Å². The van der Waals surface area contributed by atoms with Crippen LogP contribution >= 0.6 is 11.6 Å². The van der Waals surface area contributed by atoms with E-state index in [4.69, 9.17) is 26.3 Å². The van der Waals surface area contributed by atoms with E-state index in [1.807, 2.05) is 60.4 Å². The summed E-state index contributed by atoms with van der Waals surface area (Å²) in [4.78, 5) is 27.5. The monoisotopic (exact) mass is 541 g/mol. The summed E-state index contributed by atoms with van der Waals surface area (Å²) in [6.45, 7) is 3.63. The van der Waals surface area contributed by atoms with Gasteiger partial charge in [-0.25, -0.2) is 4.99 Å². The van der Waals surface area contributed by atoms with Crippen LogP contribution in [0.15, 0.2) is 83.9 Å². The summed E-state index contributed by atoms with van der Waals surface area (Å²) in [7, 11) is 0. The molecule has 4 aromatic rings. The van der Waals surface area contributed by atoms with E-state index in [0.29, 0.717) is 49.7 Å². The standard InChI is InChI=1S/C30H28ClN5O3/c1-2-34-28(38)26-27(36-18-23(32-29(34)36)15-20-9-5-3-6-10-20)33-30(39-19-21-11-7-4-8-12-21)35(26)17-22-13-14-25(37)24(31)16-22/h3-14,16,23,37H,2,15,17-19H2,1H3/t23-/m1/s1. The Bertz CT molecular complexity index is 1540. The lowest BCUT2D eigenvalue weighted by atomic mass is 10.1. The topological polar surface area (TPSA) is 83.2 Å². The molecule has 9 heteroatoms. The van der Waals surface area contributed by atoms with Crippen molar-refractivity contribution >= 4 is 29.3 Å². The first kappa shape index (κ1) is 25.0. The second kappa shape index (κ2) is 10.5. The Morgan fingerprint density at radius 1 is 1.00 bits per heavy atom. The highest BCUT2D eigenvalue weighted by atomic mass is 35.5. The number of amides is 1. The average Bonchev–Trinajstić information content (AvgIpc) is 3.52. The van der Waals surface area contributed by atoms with Crippen LogP contribution < -0.4 is 9.64 Å². The maximum absolute atomic E-state index is 13.9. The summed E-state index contributed by atoms with van der Waals surface area (Å²) < 4.78 is 8.02. The molecular formula is C30H28ClN5O3. The molecule has 2 aliphatic rings. The molecule has 0 spiro atoms. The van der Waals surface area contributed by atoms with E-state index in [-0.39, 0.29) is 22.7 Å². The molecule has 1 aromatic heterocycles. The van der Waals surface area contributed by atoms with Crippen molar-refractivity contribution in [1.29, 1.82) is 0 Å². The molecule has 3 aromatic carbocycles. The van der Waals surface area contributed by atoms with Gasteiger partial charge in [-0.2, -0.15) is 4.98 Å². The number of hydrogen-bond acceptors (Lipinski definition) is 6. The van der Waals surface area contributed by atoms with E-state index in [1.54, 1.807) is 27.7 Å². The summed E-state index contributed by atoms with van der Waals surface area (Å²) in [5, 5.41) is 10.2. The lowest BCUT2D eigenvalue weighted by Gasteiger charge is -2.32. The van der Waals surface area contributed by atoms with Gasteiger partial charge >= 0.3 is 0 Å². The summed E-state index contributed by atoms with van der Waals surface area (Å²) in [5.74, 6) is 1.01. The third-order valence-corrected chi connectivity index (χ3v) is 7.29. The zero-order valence-electron chi connectivity index (χ0n) is 21.5. The number of halogens is 1. The molecule has 6 rings (SSSR count). The number of aromatic nitrogens is 2. The number of rotatable bonds is 8. The maximum atomic E-state index is 13.9. The SMILES string of the molecule is CCN1C(=O)c2c(nc(OCc3ccccc3)n2Cc2ccc(O)c(Cl)c2)N2C[C@@H](Cc3ccccc3)N=C12. The largest absolute Gasteiger partial charge is 0.506 e. The van der Waals surface area contributed by atoms with Gasteiger partial charge in [-0.05, 0) is 42.2 Å². The summed E-state index contributed by atoms with van der Waals surface area (Å²) in [6.07, 6.45) is 0.770. The highest BCUT2D eigenvalue weighted by molar-refractivity contribution is 6.32. The maximum Gasteiger partial charge on any atom is 0.299 e. The average molecular weight is 542 g/mol. The summed E-state index contributed by atoms with van der Waals surface area (Å²) >= 11 is 6.20. The van der Waals surface area contributed by atoms with Crippen molar-refractivity contribution in [2.45, 2.75) is 32.5 Å². The predicted octanol–water partition coefficient (Wildman–Crippen LogP) is 5.13. The minimum Gasteiger partial charge on any atom is -0.506 e. The normalized spacial score (nSPS) is 16.2. The number of carbonyl (C=O) groups excluding carboxylic acids is 1. The van der Waals surface area contributed by atoms with Crippen LogP contribution in [0.5, 0.6) is 11.8 Å². The fourth-order valence-corrected chi connectivity index (χ4v) is 5.30. The van der Waals surface area contributed by atoms with Crippen molar-refractivity contribution in [2.24, 2.45) is 4.99 Å². The Morgan fingerprint density at radius 3 is 2.41 bits per heavy atom. The van der Waals surface area contributed by atoms with Crippen LogP contribution in [0.3, 0.4) is 0 Å². The van der Waals surface area contributed by atoms with Gasteiger partial charge in [0, 0.05) is 6.54 Å². The highest BCUT2D eigenvalue weighted by Gasteiger charge is 2.43. The fraction of sp³-hybridized carbons (Fsp3) is 0.233. The van der Waals surface area contributed by atoms with Crippen LogP contribution in [0, 0.1) is 0 Å². The number of nitrogens with zero attached hydrogens (tertiary/aromatic N) is 5. The lowest BCUT2D eigenvalue weighted by Crippen LogP contribution is -2.50. The number of guanidine groups is 1. The first-order valence-electron chi connectivity index (χ1n) is 13.0. The first-order chi connectivity index (χ1) is 19.0. The number of aromatic hydroxyl groups is 1. The van der Waals surface area contributed by atoms with Crippen molar-refractivity contribution in [1.82, 2.24) is 14.5 Å². The summed E-state index contributed by atoms with van der Waals surface area (Å²) in [6, 6.07) is 25.4. The molecule has 2 aliphatic heterocycles. The number of phenolic OH excluding ortho intramolecular Hbond substituents is 1. The number of anilines is 1. The molecule has 0 fully saturated rings.